The average Bonchev–Trinajstić information content (AvgIpc) is 2.46. The summed E-state index contributed by atoms with van der Waals surface area (Å²) in [4.78, 5) is 1.39. The molecule has 0 bridgehead atoms. The maximum atomic E-state index is 10.2. The Labute approximate surface area is 134 Å². The number of benzene rings is 1. The SMILES string of the molecule is CCCc1ccc(OC[C@@H](O)C[NH+]2C[C@@H](C)O[C@H](C)C2)cc1. The Morgan fingerprint density at radius 1 is 1.23 bits per heavy atom. The lowest BCUT2D eigenvalue weighted by Gasteiger charge is -2.33. The van der Waals surface area contributed by atoms with Crippen LogP contribution in [0.3, 0.4) is 0 Å². The second kappa shape index (κ2) is 8.51. The number of hydrogen-bond acceptors (Lipinski definition) is 3. The third-order valence-corrected chi connectivity index (χ3v) is 4.05. The van der Waals surface area contributed by atoms with Gasteiger partial charge in [-0.1, -0.05) is 25.5 Å². The summed E-state index contributed by atoms with van der Waals surface area (Å²) in [6, 6.07) is 8.18. The first-order valence-electron chi connectivity index (χ1n) is 8.45. The van der Waals surface area contributed by atoms with Crippen molar-refractivity contribution in [3.05, 3.63) is 29.8 Å². The Hall–Kier alpha value is -1.10. The van der Waals surface area contributed by atoms with Crippen LogP contribution in [0, 0.1) is 0 Å². The predicted octanol–water partition coefficient (Wildman–Crippen LogP) is 1.07. The van der Waals surface area contributed by atoms with Crippen molar-refractivity contribution in [2.75, 3.05) is 26.2 Å². The smallest absolute Gasteiger partial charge is 0.137 e. The maximum absolute atomic E-state index is 10.2. The summed E-state index contributed by atoms with van der Waals surface area (Å²) in [6.45, 7) is 9.33. The lowest BCUT2D eigenvalue weighted by molar-refractivity contribution is -0.918. The number of quaternary nitrogens is 1. The van der Waals surface area contributed by atoms with Gasteiger partial charge in [0.2, 0.25) is 0 Å². The molecule has 0 saturated carbocycles. The standard InChI is InChI=1S/C18H29NO3/c1-4-5-16-6-8-18(9-7-16)21-13-17(20)12-19-10-14(2)22-15(3)11-19/h6-9,14-15,17,20H,4-5,10-13H2,1-3H3/p+1/t14-,15-,17+/m1/s1. The van der Waals surface area contributed by atoms with Crippen molar-refractivity contribution in [2.45, 2.75) is 51.9 Å². The molecule has 0 radical (unpaired) electrons. The summed E-state index contributed by atoms with van der Waals surface area (Å²) in [5.41, 5.74) is 1.33. The minimum atomic E-state index is -0.442. The molecule has 4 heteroatoms. The second-order valence-electron chi connectivity index (χ2n) is 6.48. The molecule has 1 aromatic rings. The van der Waals surface area contributed by atoms with Gasteiger partial charge in [0.05, 0.1) is 0 Å². The van der Waals surface area contributed by atoms with Crippen LogP contribution < -0.4 is 9.64 Å². The molecular weight excluding hydrogens is 278 g/mol. The van der Waals surface area contributed by atoms with E-state index in [-0.39, 0.29) is 12.2 Å². The van der Waals surface area contributed by atoms with E-state index in [0.29, 0.717) is 13.2 Å². The van der Waals surface area contributed by atoms with Gasteiger partial charge < -0.3 is 19.5 Å². The largest absolute Gasteiger partial charge is 0.491 e. The van der Waals surface area contributed by atoms with Gasteiger partial charge in [-0.3, -0.25) is 0 Å². The molecule has 0 aliphatic carbocycles. The Balaban J connectivity index is 1.73. The first-order chi connectivity index (χ1) is 10.6. The van der Waals surface area contributed by atoms with Crippen LogP contribution in [0.15, 0.2) is 24.3 Å². The summed E-state index contributed by atoms with van der Waals surface area (Å²) in [6.07, 6.45) is 2.33. The van der Waals surface area contributed by atoms with E-state index in [4.69, 9.17) is 9.47 Å². The zero-order valence-corrected chi connectivity index (χ0v) is 14.0. The normalized spacial score (nSPS) is 26.6. The minimum absolute atomic E-state index is 0.262. The van der Waals surface area contributed by atoms with Gasteiger partial charge in [0.1, 0.15) is 50.3 Å². The van der Waals surface area contributed by atoms with Gasteiger partial charge in [0.15, 0.2) is 0 Å². The van der Waals surface area contributed by atoms with Crippen LogP contribution in [-0.4, -0.2) is 49.7 Å². The van der Waals surface area contributed by atoms with Crippen molar-refractivity contribution < 1.29 is 19.5 Å². The third kappa shape index (κ3) is 5.59. The fraction of sp³-hybridized carbons (Fsp3) is 0.667. The number of aliphatic hydroxyl groups excluding tert-OH is 1. The van der Waals surface area contributed by atoms with Crippen molar-refractivity contribution in [1.29, 1.82) is 0 Å². The number of rotatable bonds is 7. The summed E-state index contributed by atoms with van der Waals surface area (Å²) in [5.74, 6) is 0.831. The second-order valence-corrected chi connectivity index (χ2v) is 6.48. The van der Waals surface area contributed by atoms with E-state index >= 15 is 0 Å². The van der Waals surface area contributed by atoms with Crippen molar-refractivity contribution in [3.8, 4) is 5.75 Å². The van der Waals surface area contributed by atoms with E-state index < -0.39 is 6.10 Å². The van der Waals surface area contributed by atoms with Crippen LogP contribution in [0.5, 0.6) is 5.75 Å². The molecule has 3 atom stereocenters. The highest BCUT2D eigenvalue weighted by Crippen LogP contribution is 2.13. The third-order valence-electron chi connectivity index (χ3n) is 4.05. The first kappa shape index (κ1) is 17.3. The first-order valence-corrected chi connectivity index (χ1v) is 8.45. The number of ether oxygens (including phenoxy) is 2. The van der Waals surface area contributed by atoms with Crippen LogP contribution in [0.25, 0.3) is 0 Å². The van der Waals surface area contributed by atoms with Crippen molar-refractivity contribution in [3.63, 3.8) is 0 Å². The quantitative estimate of drug-likeness (QED) is 0.792. The zero-order valence-electron chi connectivity index (χ0n) is 14.0. The average molecular weight is 308 g/mol. The molecule has 1 aromatic carbocycles. The van der Waals surface area contributed by atoms with Gasteiger partial charge in [-0.15, -0.1) is 0 Å². The molecule has 0 amide bonds. The molecule has 0 unspecified atom stereocenters. The zero-order chi connectivity index (χ0) is 15.9. The number of aliphatic hydroxyl groups is 1. The molecule has 1 saturated heterocycles. The number of aryl methyl sites for hydroxylation is 1. The predicted molar refractivity (Wildman–Crippen MR) is 87.5 cm³/mol. The highest BCUT2D eigenvalue weighted by atomic mass is 16.5. The number of morpholine rings is 1. The van der Waals surface area contributed by atoms with Crippen LogP contribution >= 0.6 is 0 Å². The molecule has 0 spiro atoms. The lowest BCUT2D eigenvalue weighted by Crippen LogP contribution is -3.16. The van der Waals surface area contributed by atoms with Gasteiger partial charge in [-0.25, -0.2) is 0 Å². The molecular formula is C18H30NO3+. The van der Waals surface area contributed by atoms with Crippen LogP contribution in [0.1, 0.15) is 32.8 Å². The summed E-state index contributed by atoms with van der Waals surface area (Å²) >= 11 is 0. The molecule has 1 aliphatic rings. The van der Waals surface area contributed by atoms with Gasteiger partial charge >= 0.3 is 0 Å². The van der Waals surface area contributed by atoms with E-state index in [2.05, 4.69) is 32.9 Å². The Bertz CT molecular complexity index is 424. The van der Waals surface area contributed by atoms with E-state index in [1.807, 2.05) is 12.1 Å². The molecule has 124 valence electrons. The van der Waals surface area contributed by atoms with Crippen LogP contribution in [-0.2, 0) is 11.2 Å². The Kier molecular flexibility index (Phi) is 6.68. The van der Waals surface area contributed by atoms with Crippen LogP contribution in [0.4, 0.5) is 0 Å². The van der Waals surface area contributed by atoms with Crippen LogP contribution in [0.2, 0.25) is 0 Å². The fourth-order valence-electron chi connectivity index (χ4n) is 3.18. The van der Waals surface area contributed by atoms with Gasteiger partial charge in [0, 0.05) is 0 Å². The summed E-state index contributed by atoms with van der Waals surface area (Å²) in [5, 5.41) is 10.2. The monoisotopic (exact) mass is 308 g/mol. The van der Waals surface area contributed by atoms with Gasteiger partial charge in [0.25, 0.3) is 0 Å². The molecule has 22 heavy (non-hydrogen) atoms. The lowest BCUT2D eigenvalue weighted by atomic mass is 10.1. The highest BCUT2D eigenvalue weighted by Gasteiger charge is 2.27. The summed E-state index contributed by atoms with van der Waals surface area (Å²) < 4.78 is 11.4. The Morgan fingerprint density at radius 3 is 2.45 bits per heavy atom. The number of nitrogens with one attached hydrogen (secondary N) is 1. The van der Waals surface area contributed by atoms with E-state index in [1.54, 1.807) is 0 Å². The van der Waals surface area contributed by atoms with E-state index in [9.17, 15) is 5.11 Å². The maximum Gasteiger partial charge on any atom is 0.137 e. The van der Waals surface area contributed by atoms with Gasteiger partial charge in [-0.2, -0.15) is 0 Å². The minimum Gasteiger partial charge on any atom is -0.491 e. The molecule has 0 aromatic heterocycles. The molecule has 2 rings (SSSR count). The van der Waals surface area contributed by atoms with Crippen molar-refractivity contribution >= 4 is 0 Å². The van der Waals surface area contributed by atoms with E-state index in [1.165, 1.54) is 10.5 Å². The van der Waals surface area contributed by atoms with E-state index in [0.717, 1.165) is 31.7 Å². The summed E-state index contributed by atoms with van der Waals surface area (Å²) in [7, 11) is 0. The number of hydrogen-bond donors (Lipinski definition) is 2. The molecule has 1 heterocycles. The van der Waals surface area contributed by atoms with Crippen molar-refractivity contribution in [1.82, 2.24) is 0 Å². The highest BCUT2D eigenvalue weighted by molar-refractivity contribution is 5.27. The Morgan fingerprint density at radius 2 is 1.86 bits per heavy atom. The molecule has 1 aliphatic heterocycles. The molecule has 4 nitrogen and oxygen atoms in total. The van der Waals surface area contributed by atoms with Crippen molar-refractivity contribution in [2.24, 2.45) is 0 Å². The molecule has 2 N–H and O–H groups in total. The topological polar surface area (TPSA) is 43.1 Å². The molecule has 1 fully saturated rings. The fourth-order valence-corrected chi connectivity index (χ4v) is 3.18. The van der Waals surface area contributed by atoms with Gasteiger partial charge in [-0.05, 0) is 38.0 Å².